The van der Waals surface area contributed by atoms with Crippen molar-refractivity contribution >= 4 is 52.3 Å². The van der Waals surface area contributed by atoms with Gasteiger partial charge >= 0.3 is 0 Å². The molecule has 6 N–H and O–H groups in total. The summed E-state index contributed by atoms with van der Waals surface area (Å²) in [6, 6.07) is 20.4. The minimum Gasteiger partial charge on any atom is -0.507 e. The number of nitrogens with two attached hydrogens (primary N) is 1. The van der Waals surface area contributed by atoms with Crippen LogP contribution in [0, 0.1) is 24.2 Å². The Morgan fingerprint density at radius 2 is 1.59 bits per heavy atom. The highest BCUT2D eigenvalue weighted by Gasteiger charge is 2.41. The molecule has 2 aromatic carbocycles. The van der Waals surface area contributed by atoms with Crippen LogP contribution in [0.4, 0.5) is 23.3 Å². The Balaban J connectivity index is 0.670. The van der Waals surface area contributed by atoms with E-state index in [-0.39, 0.29) is 47.1 Å². The second-order valence-electron chi connectivity index (χ2n) is 20.9. The molecule has 6 aromatic rings. The summed E-state index contributed by atoms with van der Waals surface area (Å²) in [6.45, 7) is 16.6. The molecular formula is C55H69N15O4S. The number of aromatic hydroxyl groups is 1. The fraction of sp³-hybridized carbons (Fsp3) is 0.473. The number of likely N-dealkylation sites (tertiary alicyclic amines) is 1. The summed E-state index contributed by atoms with van der Waals surface area (Å²) >= 11 is 1.62. The number of phenolic OH excluding ortho intramolecular Hbond substituents is 1. The summed E-state index contributed by atoms with van der Waals surface area (Å²) in [5.41, 5.74) is 12.8. The van der Waals surface area contributed by atoms with Crippen molar-refractivity contribution in [1.29, 1.82) is 5.41 Å². The van der Waals surface area contributed by atoms with Crippen molar-refractivity contribution in [2.75, 3.05) is 85.5 Å². The third-order valence-electron chi connectivity index (χ3n) is 15.5. The van der Waals surface area contributed by atoms with Gasteiger partial charge in [0.1, 0.15) is 29.4 Å². The highest BCUT2D eigenvalue weighted by atomic mass is 32.1. The van der Waals surface area contributed by atoms with Gasteiger partial charge in [-0.25, -0.2) is 9.97 Å². The number of para-hydroxylation sites is 1. The maximum Gasteiger partial charge on any atom is 0.243 e. The fourth-order valence-electron chi connectivity index (χ4n) is 11.2. The van der Waals surface area contributed by atoms with Crippen LogP contribution in [-0.4, -0.2) is 140 Å². The van der Waals surface area contributed by atoms with Crippen LogP contribution in [0.25, 0.3) is 21.7 Å². The van der Waals surface area contributed by atoms with Gasteiger partial charge in [0.2, 0.25) is 17.8 Å². The summed E-state index contributed by atoms with van der Waals surface area (Å²) in [5, 5.41) is 38.2. The molecule has 19 nitrogen and oxygen atoms in total. The van der Waals surface area contributed by atoms with Gasteiger partial charge in [-0.2, -0.15) is 4.98 Å². The van der Waals surface area contributed by atoms with Crippen molar-refractivity contribution in [3.8, 4) is 27.4 Å². The van der Waals surface area contributed by atoms with E-state index in [1.54, 1.807) is 40.5 Å². The SMILES string of the molecule is Cc1ncsc1-c1ccc([C@H](C)NC(=O)[C@@H]2CCCN2C(=O)C(c2cc(N3CCC(CN4CCN(c5ccnc(N6CCC(Nc7cc(-c8ccccc8O)nnc7C(=N)N)CC6)n5)CC4)CC3)no2)C(C)C)cc1. The van der Waals surface area contributed by atoms with E-state index in [9.17, 15) is 14.7 Å². The topological polar surface area (TPSA) is 235 Å². The molecule has 3 atom stereocenters. The number of aryl methyl sites for hydroxylation is 1. The lowest BCUT2D eigenvalue weighted by Crippen LogP contribution is -2.49. The Hall–Kier alpha value is -7.19. The van der Waals surface area contributed by atoms with Crippen LogP contribution in [0.15, 0.2) is 83.0 Å². The van der Waals surface area contributed by atoms with E-state index in [2.05, 4.69) is 79.8 Å². The van der Waals surface area contributed by atoms with Crippen LogP contribution in [0.3, 0.4) is 0 Å². The number of hydrogen-bond donors (Lipinski definition) is 5. The Morgan fingerprint density at radius 3 is 2.29 bits per heavy atom. The summed E-state index contributed by atoms with van der Waals surface area (Å²) in [6.07, 6.45) is 7.00. The van der Waals surface area contributed by atoms with E-state index in [0.29, 0.717) is 41.6 Å². The van der Waals surface area contributed by atoms with Gasteiger partial charge in [-0.05, 0) is 99.6 Å². The number of thiazole rings is 1. The first-order valence-corrected chi connectivity index (χ1v) is 27.4. The molecule has 75 heavy (non-hydrogen) atoms. The highest BCUT2D eigenvalue weighted by molar-refractivity contribution is 7.13. The van der Waals surface area contributed by atoms with Gasteiger partial charge in [0.05, 0.1) is 33.5 Å². The summed E-state index contributed by atoms with van der Waals surface area (Å²) in [7, 11) is 0. The Labute approximate surface area is 442 Å². The molecule has 0 aliphatic carbocycles. The fourth-order valence-corrected chi connectivity index (χ4v) is 12.0. The first-order valence-electron chi connectivity index (χ1n) is 26.5. The quantitative estimate of drug-likeness (QED) is 0.0482. The number of nitrogens with zero attached hydrogens (tertiary/aromatic N) is 11. The molecule has 0 spiro atoms. The molecule has 4 saturated heterocycles. The Kier molecular flexibility index (Phi) is 15.6. The lowest BCUT2D eigenvalue weighted by Gasteiger charge is -2.39. The van der Waals surface area contributed by atoms with Crippen molar-refractivity contribution in [2.24, 2.45) is 17.6 Å². The molecule has 394 valence electrons. The number of amidine groups is 1. The number of amides is 2. The summed E-state index contributed by atoms with van der Waals surface area (Å²) in [4.78, 5) is 54.6. The van der Waals surface area contributed by atoms with Crippen LogP contribution >= 0.6 is 11.3 Å². The minimum absolute atomic E-state index is 0.0493. The molecule has 2 amide bonds. The van der Waals surface area contributed by atoms with Gasteiger partial charge in [-0.1, -0.05) is 55.4 Å². The van der Waals surface area contributed by atoms with E-state index >= 15 is 0 Å². The Morgan fingerprint density at radius 1 is 0.853 bits per heavy atom. The molecule has 0 radical (unpaired) electrons. The zero-order valence-electron chi connectivity index (χ0n) is 43.4. The smallest absolute Gasteiger partial charge is 0.243 e. The van der Waals surface area contributed by atoms with Crippen LogP contribution in [0.1, 0.15) is 94.0 Å². The van der Waals surface area contributed by atoms with E-state index in [1.807, 2.05) is 57.6 Å². The maximum atomic E-state index is 14.4. The van der Waals surface area contributed by atoms with Crippen molar-refractivity contribution in [3.05, 3.63) is 101 Å². The van der Waals surface area contributed by atoms with Gasteiger partial charge in [0.25, 0.3) is 0 Å². The number of rotatable bonds is 16. The van der Waals surface area contributed by atoms with Gasteiger partial charge in [-0.15, -0.1) is 21.5 Å². The third kappa shape index (κ3) is 11.6. The lowest BCUT2D eigenvalue weighted by molar-refractivity contribution is -0.141. The normalized spacial score (nSPS) is 18.9. The van der Waals surface area contributed by atoms with Crippen molar-refractivity contribution in [3.63, 3.8) is 0 Å². The second kappa shape index (κ2) is 22.7. The maximum absolute atomic E-state index is 14.4. The van der Waals surface area contributed by atoms with E-state index < -0.39 is 12.0 Å². The number of nitrogens with one attached hydrogen (secondary N) is 3. The van der Waals surface area contributed by atoms with Crippen molar-refractivity contribution in [2.45, 2.75) is 90.3 Å². The van der Waals surface area contributed by atoms with Gasteiger partial charge in [0, 0.05) is 89.3 Å². The predicted octanol–water partition coefficient (Wildman–Crippen LogP) is 7.07. The molecule has 4 aromatic heterocycles. The van der Waals surface area contributed by atoms with Crippen LogP contribution in [0.2, 0.25) is 0 Å². The van der Waals surface area contributed by atoms with Crippen molar-refractivity contribution in [1.82, 2.24) is 45.4 Å². The number of carbonyl (C=O) groups is 2. The molecule has 4 aliphatic heterocycles. The molecule has 1 unspecified atom stereocenters. The van der Waals surface area contributed by atoms with E-state index in [0.717, 1.165) is 130 Å². The standard InChI is InChI=1S/C55H69N15O4S/c1-34(2)49(54(73)70-21-7-9-44(70)53(72)60-35(3)38-11-13-39(14-12-38)51-36(4)59-33-75-51)46-31-48(65-74-46)67-22-16-37(17-23-67)32-66-26-28-68(29-27-66)47-15-20-58-55(62-47)69-24-18-40(19-25-69)61-43-30-42(63-64-50(43)52(56)57)41-8-5-6-10-45(41)71/h5-6,8,10-15,20,30-31,33-35,37,40,44,49,71H,7,9,16-19,21-29,32H2,1-4H3,(H3,56,57)(H,60,72)(H,61,63)/t35-,44-,49?/m0/s1. The second-order valence-corrected chi connectivity index (χ2v) is 21.7. The monoisotopic (exact) mass is 1040 g/mol. The number of anilines is 4. The number of nitrogen functional groups attached to an aromatic ring is 1. The zero-order chi connectivity index (χ0) is 52.2. The average Bonchev–Trinajstić information content (AvgIpc) is 4.22. The van der Waals surface area contributed by atoms with Crippen LogP contribution in [0.5, 0.6) is 5.75 Å². The average molecular weight is 1040 g/mol. The molecule has 4 fully saturated rings. The molecule has 0 saturated carbocycles. The molecular weight excluding hydrogens is 967 g/mol. The minimum atomic E-state index is -0.542. The molecule has 20 heteroatoms. The first-order chi connectivity index (χ1) is 36.4. The number of hydrogen-bond acceptors (Lipinski definition) is 17. The molecule has 0 bridgehead atoms. The highest BCUT2D eigenvalue weighted by Crippen LogP contribution is 2.35. The largest absolute Gasteiger partial charge is 0.507 e. The summed E-state index contributed by atoms with van der Waals surface area (Å²) in [5.74, 6) is 2.71. The van der Waals surface area contributed by atoms with Crippen LogP contribution < -0.4 is 31.1 Å². The number of piperidine rings is 2. The number of aromatic nitrogens is 6. The third-order valence-corrected chi connectivity index (χ3v) is 16.5. The Bertz CT molecular complexity index is 2940. The molecule has 4 aliphatic rings. The zero-order valence-corrected chi connectivity index (χ0v) is 44.2. The van der Waals surface area contributed by atoms with Gasteiger partial charge in [0.15, 0.2) is 17.3 Å². The van der Waals surface area contributed by atoms with Gasteiger partial charge in [-0.3, -0.25) is 19.9 Å². The molecule has 8 heterocycles. The summed E-state index contributed by atoms with van der Waals surface area (Å²) < 4.78 is 5.98. The van der Waals surface area contributed by atoms with Gasteiger partial charge < -0.3 is 45.6 Å². The number of piperazine rings is 1. The van der Waals surface area contributed by atoms with Crippen molar-refractivity contribution < 1.29 is 19.2 Å². The number of phenols is 1. The first kappa shape index (κ1) is 51.3. The number of carbonyl (C=O) groups excluding carboxylic acids is 2. The molecule has 10 rings (SSSR count). The van der Waals surface area contributed by atoms with E-state index in [4.69, 9.17) is 20.7 Å². The van der Waals surface area contributed by atoms with E-state index in [1.165, 1.54) is 0 Å². The predicted molar refractivity (Wildman–Crippen MR) is 292 cm³/mol. The lowest BCUT2D eigenvalue weighted by atomic mass is 9.91. The van der Waals surface area contributed by atoms with Crippen LogP contribution in [-0.2, 0) is 9.59 Å². The number of benzene rings is 2.